The van der Waals surface area contributed by atoms with Crippen molar-refractivity contribution in [3.63, 3.8) is 0 Å². The molecule has 0 aromatic heterocycles. The van der Waals surface area contributed by atoms with Crippen molar-refractivity contribution in [3.8, 4) is 0 Å². The van der Waals surface area contributed by atoms with Gasteiger partial charge in [-0.2, -0.15) is 0 Å². The Kier molecular flexibility index (Phi) is 30.0. The molecule has 1 amide bonds. The van der Waals surface area contributed by atoms with Crippen molar-refractivity contribution in [3.05, 3.63) is 35.9 Å². The van der Waals surface area contributed by atoms with Gasteiger partial charge in [-0.3, -0.25) is 4.79 Å². The molecule has 1 aromatic carbocycles. The first-order valence-corrected chi connectivity index (χ1v) is 22.9. The minimum Gasteiger partial charge on any atom is -0.394 e. The number of hydrogen-bond acceptors (Lipinski definition) is 9. The third-order valence-corrected chi connectivity index (χ3v) is 11.5. The number of rotatable bonds is 36. The normalized spacial score (nSPS) is 21.5. The molecule has 7 N–H and O–H groups in total. The number of aliphatic hydroxyl groups is 6. The van der Waals surface area contributed by atoms with Gasteiger partial charge in [0.05, 0.1) is 25.4 Å². The van der Waals surface area contributed by atoms with Gasteiger partial charge in [-0.05, 0) is 31.2 Å². The molecule has 1 saturated heterocycles. The van der Waals surface area contributed by atoms with Gasteiger partial charge in [-0.1, -0.05) is 185 Å². The molecule has 1 aromatic rings. The van der Waals surface area contributed by atoms with Gasteiger partial charge >= 0.3 is 0 Å². The first kappa shape index (κ1) is 50.5. The molecule has 10 nitrogen and oxygen atoms in total. The van der Waals surface area contributed by atoms with Crippen LogP contribution in [0.25, 0.3) is 0 Å². The third-order valence-electron chi connectivity index (χ3n) is 11.5. The van der Waals surface area contributed by atoms with Gasteiger partial charge in [0.1, 0.15) is 30.5 Å². The molecule has 0 spiro atoms. The van der Waals surface area contributed by atoms with Crippen LogP contribution in [0.5, 0.6) is 0 Å². The molecule has 0 radical (unpaired) electrons. The topological polar surface area (TPSA) is 169 Å². The Hall–Kier alpha value is -1.63. The number of nitrogens with one attached hydrogen (secondary N) is 1. The molecule has 2 unspecified atom stereocenters. The molecule has 0 saturated carbocycles. The summed E-state index contributed by atoms with van der Waals surface area (Å²) in [5.41, 5.74) is 1.20. The molecular weight excluding hydrogens is 711 g/mol. The van der Waals surface area contributed by atoms with Gasteiger partial charge in [0.25, 0.3) is 0 Å². The molecular formula is C46H83NO9. The summed E-state index contributed by atoms with van der Waals surface area (Å²) >= 11 is 0. The Bertz CT molecular complexity index is 1050. The molecule has 8 atom stereocenters. The molecule has 1 fully saturated rings. The van der Waals surface area contributed by atoms with E-state index in [9.17, 15) is 35.4 Å². The van der Waals surface area contributed by atoms with E-state index in [0.29, 0.717) is 19.3 Å². The Labute approximate surface area is 340 Å². The van der Waals surface area contributed by atoms with Crippen molar-refractivity contribution >= 4 is 5.91 Å². The summed E-state index contributed by atoms with van der Waals surface area (Å²) in [5, 5.41) is 65.0. The maximum Gasteiger partial charge on any atom is 0.220 e. The largest absolute Gasteiger partial charge is 0.394 e. The number of benzene rings is 1. The van der Waals surface area contributed by atoms with E-state index in [2.05, 4.69) is 24.4 Å². The van der Waals surface area contributed by atoms with Gasteiger partial charge in [0.2, 0.25) is 5.91 Å². The van der Waals surface area contributed by atoms with Crippen LogP contribution in [-0.2, 0) is 20.7 Å². The quantitative estimate of drug-likeness (QED) is 0.0335. The van der Waals surface area contributed by atoms with Crippen LogP contribution in [0, 0.1) is 0 Å². The monoisotopic (exact) mass is 794 g/mol. The number of unbranched alkanes of at least 4 members (excludes halogenated alkanes) is 23. The van der Waals surface area contributed by atoms with Crippen LogP contribution in [0.3, 0.4) is 0 Å². The highest BCUT2D eigenvalue weighted by molar-refractivity contribution is 5.76. The lowest BCUT2D eigenvalue weighted by molar-refractivity contribution is -0.303. The Morgan fingerprint density at radius 1 is 0.661 bits per heavy atom. The lowest BCUT2D eigenvalue weighted by atomic mass is 9.98. The molecule has 0 aliphatic carbocycles. The van der Waals surface area contributed by atoms with Gasteiger partial charge in [0.15, 0.2) is 6.29 Å². The lowest BCUT2D eigenvalue weighted by Gasteiger charge is -2.40. The number of aliphatic hydroxyl groups excluding tert-OH is 6. The highest BCUT2D eigenvalue weighted by Gasteiger charge is 2.44. The Morgan fingerprint density at radius 3 is 1.62 bits per heavy atom. The summed E-state index contributed by atoms with van der Waals surface area (Å²) in [6.07, 6.45) is 23.1. The summed E-state index contributed by atoms with van der Waals surface area (Å²) in [4.78, 5) is 13.0. The highest BCUT2D eigenvalue weighted by Crippen LogP contribution is 2.23. The van der Waals surface area contributed by atoms with Crippen LogP contribution in [0.2, 0.25) is 0 Å². The Balaban J connectivity index is 1.57. The second-order valence-corrected chi connectivity index (χ2v) is 16.5. The smallest absolute Gasteiger partial charge is 0.220 e. The van der Waals surface area contributed by atoms with E-state index >= 15 is 0 Å². The zero-order chi connectivity index (χ0) is 40.6. The van der Waals surface area contributed by atoms with Crippen LogP contribution >= 0.6 is 0 Å². The molecule has 10 heteroatoms. The number of amides is 1. The first-order chi connectivity index (χ1) is 27.3. The van der Waals surface area contributed by atoms with E-state index in [1.54, 1.807) is 0 Å². The lowest BCUT2D eigenvalue weighted by Crippen LogP contribution is -2.60. The van der Waals surface area contributed by atoms with Gasteiger partial charge in [0, 0.05) is 6.42 Å². The van der Waals surface area contributed by atoms with E-state index < -0.39 is 55.6 Å². The van der Waals surface area contributed by atoms with Crippen LogP contribution < -0.4 is 5.32 Å². The molecule has 2 rings (SSSR count). The molecule has 1 heterocycles. The summed E-state index contributed by atoms with van der Waals surface area (Å²) in [5.74, 6) is -0.272. The molecule has 56 heavy (non-hydrogen) atoms. The molecule has 1 aliphatic heterocycles. The average Bonchev–Trinajstić information content (AvgIpc) is 3.21. The maximum atomic E-state index is 13.0. The average molecular weight is 794 g/mol. The fourth-order valence-electron chi connectivity index (χ4n) is 7.75. The minimum absolute atomic E-state index is 0.272. The Morgan fingerprint density at radius 2 is 1.14 bits per heavy atom. The second kappa shape index (κ2) is 33.2. The summed E-state index contributed by atoms with van der Waals surface area (Å²) in [6, 6.07) is 9.03. The van der Waals surface area contributed by atoms with Crippen molar-refractivity contribution in [2.75, 3.05) is 13.2 Å². The SMILES string of the molecule is CCCCCCCCCCCCCCCCCCCCCCCCCC(=O)N[C@@H](CO[C@H]1OC(CO)[C@H](O)[C@H](O)C1O)[C@H](O)[C@H](O)CCCCc1ccccc1. The van der Waals surface area contributed by atoms with Crippen LogP contribution in [-0.4, -0.2) is 98.7 Å². The molecule has 0 bridgehead atoms. The fourth-order valence-corrected chi connectivity index (χ4v) is 7.75. The standard InChI is InChI=1S/C46H83NO9/c1-2-3-4-5-6-7-8-9-10-11-12-13-14-15-16-17-18-19-20-21-22-23-27-34-41(50)47-38(36-55-46-45(54)44(53)43(52)40(35-48)56-46)42(51)39(49)33-29-28-32-37-30-25-24-26-31-37/h24-26,30-31,38-40,42-46,48-49,51-54H,2-23,27-29,32-36H2,1H3,(H,47,50)/t38-,39+,40?,42-,43-,44-,45?,46-/m0/s1. The van der Waals surface area contributed by atoms with Gasteiger partial charge < -0.3 is 45.4 Å². The molecule has 1 aliphatic rings. The van der Waals surface area contributed by atoms with Gasteiger partial charge in [-0.25, -0.2) is 0 Å². The van der Waals surface area contributed by atoms with E-state index in [-0.39, 0.29) is 18.9 Å². The van der Waals surface area contributed by atoms with Crippen molar-refractivity contribution < 1.29 is 44.9 Å². The van der Waals surface area contributed by atoms with Crippen LogP contribution in [0.1, 0.15) is 186 Å². The van der Waals surface area contributed by atoms with Crippen molar-refractivity contribution in [1.82, 2.24) is 5.32 Å². The highest BCUT2D eigenvalue weighted by atomic mass is 16.7. The zero-order valence-electron chi connectivity index (χ0n) is 35.1. The number of ether oxygens (including phenoxy) is 2. The number of hydrogen-bond donors (Lipinski definition) is 7. The van der Waals surface area contributed by atoms with E-state index in [1.165, 1.54) is 128 Å². The predicted octanol–water partition coefficient (Wildman–Crippen LogP) is 7.80. The summed E-state index contributed by atoms with van der Waals surface area (Å²) < 4.78 is 11.1. The van der Waals surface area contributed by atoms with Crippen molar-refractivity contribution in [1.29, 1.82) is 0 Å². The van der Waals surface area contributed by atoms with E-state index in [0.717, 1.165) is 32.1 Å². The van der Waals surface area contributed by atoms with E-state index in [4.69, 9.17) is 9.47 Å². The van der Waals surface area contributed by atoms with Crippen LogP contribution in [0.15, 0.2) is 30.3 Å². The summed E-state index contributed by atoms with van der Waals surface area (Å²) in [7, 11) is 0. The number of carbonyl (C=O) groups is 1. The predicted molar refractivity (Wildman–Crippen MR) is 224 cm³/mol. The summed E-state index contributed by atoms with van der Waals surface area (Å²) in [6.45, 7) is 1.35. The number of aryl methyl sites for hydroxylation is 1. The first-order valence-electron chi connectivity index (χ1n) is 22.9. The van der Waals surface area contributed by atoms with Gasteiger partial charge in [-0.15, -0.1) is 0 Å². The van der Waals surface area contributed by atoms with Crippen molar-refractivity contribution in [2.24, 2.45) is 0 Å². The third kappa shape index (κ3) is 23.1. The second-order valence-electron chi connectivity index (χ2n) is 16.5. The maximum absolute atomic E-state index is 13.0. The zero-order valence-corrected chi connectivity index (χ0v) is 35.1. The minimum atomic E-state index is -1.61. The molecule has 326 valence electrons. The van der Waals surface area contributed by atoms with Crippen LogP contribution in [0.4, 0.5) is 0 Å². The number of carbonyl (C=O) groups excluding carboxylic acids is 1. The fraction of sp³-hybridized carbons (Fsp3) is 0.848. The van der Waals surface area contributed by atoms with E-state index in [1.807, 2.05) is 18.2 Å². The van der Waals surface area contributed by atoms with Crippen molar-refractivity contribution in [2.45, 2.75) is 236 Å².